The molecule has 1 aromatic heterocycles. The zero-order chi connectivity index (χ0) is 17.1. The van der Waals surface area contributed by atoms with Crippen LogP contribution in [0.4, 0.5) is 0 Å². The first-order chi connectivity index (χ1) is 10.8. The monoisotopic (exact) mass is 331 g/mol. The van der Waals surface area contributed by atoms with Crippen LogP contribution in [0.25, 0.3) is 10.9 Å². The molecule has 0 saturated carbocycles. The van der Waals surface area contributed by atoms with Crippen LogP contribution in [0, 0.1) is 0 Å². The average Bonchev–Trinajstić information content (AvgIpc) is 2.50. The molecule has 0 radical (unpaired) electrons. The standard InChI is InChI=1S/C19H29NO2Si/c1-19(2,3)23(4,5)22-14-15(11-13-21)16-10-12-20-18-9-7-6-8-17(16)18/h6-10,12,15,21H,11,13-14H2,1-5H3/t15-/m1/s1. The lowest BCUT2D eigenvalue weighted by atomic mass is 9.94. The second-order valence-corrected chi connectivity index (χ2v) is 12.5. The fourth-order valence-corrected chi connectivity index (χ4v) is 3.53. The predicted octanol–water partition coefficient (Wildman–Crippen LogP) is 4.72. The van der Waals surface area contributed by atoms with Gasteiger partial charge in [0.1, 0.15) is 0 Å². The minimum absolute atomic E-state index is 0.169. The van der Waals surface area contributed by atoms with E-state index < -0.39 is 8.32 Å². The molecular weight excluding hydrogens is 302 g/mol. The number of fused-ring (bicyclic) bond motifs is 1. The topological polar surface area (TPSA) is 42.4 Å². The molecule has 126 valence electrons. The molecular formula is C19H29NO2Si. The summed E-state index contributed by atoms with van der Waals surface area (Å²) in [7, 11) is -1.79. The van der Waals surface area contributed by atoms with Gasteiger partial charge in [-0.1, -0.05) is 39.0 Å². The number of aliphatic hydroxyl groups excluding tert-OH is 1. The van der Waals surface area contributed by atoms with Crippen molar-refractivity contribution in [3.05, 3.63) is 42.1 Å². The molecule has 0 aliphatic rings. The fourth-order valence-electron chi connectivity index (χ4n) is 2.48. The summed E-state index contributed by atoms with van der Waals surface area (Å²) in [4.78, 5) is 4.44. The smallest absolute Gasteiger partial charge is 0.192 e. The van der Waals surface area contributed by atoms with Gasteiger partial charge in [0.2, 0.25) is 0 Å². The van der Waals surface area contributed by atoms with E-state index in [0.29, 0.717) is 13.0 Å². The number of hydrogen-bond donors (Lipinski definition) is 1. The first kappa shape index (κ1) is 18.1. The maximum absolute atomic E-state index is 9.50. The molecule has 4 heteroatoms. The van der Waals surface area contributed by atoms with Crippen molar-refractivity contribution in [3.8, 4) is 0 Å². The van der Waals surface area contributed by atoms with Crippen molar-refractivity contribution in [2.24, 2.45) is 0 Å². The van der Waals surface area contributed by atoms with Crippen LogP contribution in [0.15, 0.2) is 36.5 Å². The Bertz CT molecular complexity index is 644. The lowest BCUT2D eigenvalue weighted by Crippen LogP contribution is -2.41. The van der Waals surface area contributed by atoms with Gasteiger partial charge in [0, 0.05) is 30.7 Å². The molecule has 0 spiro atoms. The van der Waals surface area contributed by atoms with E-state index in [4.69, 9.17) is 4.43 Å². The summed E-state index contributed by atoms with van der Waals surface area (Å²) in [6, 6.07) is 10.3. The molecule has 2 aromatic rings. The normalized spacial score (nSPS) is 14.2. The Kier molecular flexibility index (Phi) is 5.60. The van der Waals surface area contributed by atoms with Gasteiger partial charge < -0.3 is 9.53 Å². The molecule has 1 aromatic carbocycles. The third-order valence-electron chi connectivity index (χ3n) is 5.05. The van der Waals surface area contributed by atoms with E-state index >= 15 is 0 Å². The summed E-state index contributed by atoms with van der Waals surface area (Å²) >= 11 is 0. The number of hydrogen-bond acceptors (Lipinski definition) is 3. The quantitative estimate of drug-likeness (QED) is 0.779. The molecule has 0 amide bonds. The molecule has 0 saturated heterocycles. The predicted molar refractivity (Wildman–Crippen MR) is 99.3 cm³/mol. The first-order valence-corrected chi connectivity index (χ1v) is 11.3. The van der Waals surface area contributed by atoms with E-state index in [1.165, 1.54) is 5.56 Å². The Morgan fingerprint density at radius 2 is 1.87 bits per heavy atom. The molecule has 0 aliphatic carbocycles. The van der Waals surface area contributed by atoms with Gasteiger partial charge in [-0.05, 0) is 42.2 Å². The van der Waals surface area contributed by atoms with Crippen LogP contribution < -0.4 is 0 Å². The zero-order valence-corrected chi connectivity index (χ0v) is 16.0. The first-order valence-electron chi connectivity index (χ1n) is 8.35. The van der Waals surface area contributed by atoms with Crippen molar-refractivity contribution < 1.29 is 9.53 Å². The van der Waals surface area contributed by atoms with E-state index in [0.717, 1.165) is 10.9 Å². The highest BCUT2D eigenvalue weighted by atomic mass is 28.4. The van der Waals surface area contributed by atoms with Crippen LogP contribution in [0.1, 0.15) is 38.7 Å². The summed E-state index contributed by atoms with van der Waals surface area (Å²) < 4.78 is 6.42. The molecule has 0 unspecified atom stereocenters. The molecule has 0 aliphatic heterocycles. The van der Waals surface area contributed by atoms with Gasteiger partial charge in [0.25, 0.3) is 0 Å². The van der Waals surface area contributed by atoms with E-state index in [1.807, 2.05) is 24.4 Å². The lowest BCUT2D eigenvalue weighted by molar-refractivity contribution is 0.221. The van der Waals surface area contributed by atoms with Crippen LogP contribution in [-0.2, 0) is 4.43 Å². The Morgan fingerprint density at radius 3 is 2.52 bits per heavy atom. The highest BCUT2D eigenvalue weighted by Gasteiger charge is 2.37. The Balaban J connectivity index is 2.28. The highest BCUT2D eigenvalue weighted by Crippen LogP contribution is 2.38. The molecule has 23 heavy (non-hydrogen) atoms. The average molecular weight is 332 g/mol. The number of aliphatic hydroxyl groups is 1. The second kappa shape index (κ2) is 7.12. The fraction of sp³-hybridized carbons (Fsp3) is 0.526. The van der Waals surface area contributed by atoms with Crippen molar-refractivity contribution in [1.29, 1.82) is 0 Å². The van der Waals surface area contributed by atoms with Crippen molar-refractivity contribution >= 4 is 19.2 Å². The van der Waals surface area contributed by atoms with Gasteiger partial charge in [-0.25, -0.2) is 0 Å². The summed E-state index contributed by atoms with van der Waals surface area (Å²) in [5, 5.41) is 10.9. The molecule has 1 atom stereocenters. The van der Waals surface area contributed by atoms with Crippen LogP contribution in [0.2, 0.25) is 18.1 Å². The number of pyridine rings is 1. The van der Waals surface area contributed by atoms with Crippen molar-refractivity contribution in [2.75, 3.05) is 13.2 Å². The highest BCUT2D eigenvalue weighted by molar-refractivity contribution is 6.74. The largest absolute Gasteiger partial charge is 0.416 e. The summed E-state index contributed by atoms with van der Waals surface area (Å²) in [5.41, 5.74) is 2.23. The molecule has 3 nitrogen and oxygen atoms in total. The summed E-state index contributed by atoms with van der Waals surface area (Å²) in [6.07, 6.45) is 2.57. The number of aromatic nitrogens is 1. The van der Waals surface area contributed by atoms with E-state index in [9.17, 15) is 5.11 Å². The van der Waals surface area contributed by atoms with Crippen LogP contribution >= 0.6 is 0 Å². The maximum Gasteiger partial charge on any atom is 0.192 e. The molecule has 1 heterocycles. The third kappa shape index (κ3) is 4.19. The number of nitrogens with zero attached hydrogens (tertiary/aromatic N) is 1. The van der Waals surface area contributed by atoms with Crippen LogP contribution in [0.5, 0.6) is 0 Å². The molecule has 2 rings (SSSR count). The lowest BCUT2D eigenvalue weighted by Gasteiger charge is -2.37. The Labute approximate surface area is 140 Å². The Morgan fingerprint density at radius 1 is 1.17 bits per heavy atom. The van der Waals surface area contributed by atoms with Gasteiger partial charge >= 0.3 is 0 Å². The van der Waals surface area contributed by atoms with Crippen molar-refractivity contribution in [1.82, 2.24) is 4.98 Å². The Hall–Kier alpha value is -1.23. The van der Waals surface area contributed by atoms with E-state index in [1.54, 1.807) is 0 Å². The maximum atomic E-state index is 9.50. The number of para-hydroxylation sites is 1. The van der Waals surface area contributed by atoms with E-state index in [2.05, 4.69) is 51.0 Å². The van der Waals surface area contributed by atoms with E-state index in [-0.39, 0.29) is 17.6 Å². The van der Waals surface area contributed by atoms with Crippen molar-refractivity contribution in [3.63, 3.8) is 0 Å². The van der Waals surface area contributed by atoms with Crippen molar-refractivity contribution in [2.45, 2.75) is 51.2 Å². The molecule has 0 bridgehead atoms. The summed E-state index contributed by atoms with van der Waals surface area (Å²) in [5.74, 6) is 0.196. The number of rotatable bonds is 6. The number of benzene rings is 1. The molecule has 1 N–H and O–H groups in total. The van der Waals surface area contributed by atoms with Gasteiger partial charge in [-0.3, -0.25) is 4.98 Å². The van der Waals surface area contributed by atoms with Crippen LogP contribution in [0.3, 0.4) is 0 Å². The second-order valence-electron chi connectivity index (χ2n) is 7.70. The molecule has 0 fully saturated rings. The SMILES string of the molecule is CC(C)(C)[Si](C)(C)OC[C@@H](CCO)c1ccnc2ccccc12. The minimum Gasteiger partial charge on any atom is -0.416 e. The van der Waals surface area contributed by atoms with Gasteiger partial charge in [0.15, 0.2) is 8.32 Å². The van der Waals surface area contributed by atoms with Gasteiger partial charge in [0.05, 0.1) is 5.52 Å². The van der Waals surface area contributed by atoms with Gasteiger partial charge in [-0.2, -0.15) is 0 Å². The van der Waals surface area contributed by atoms with Gasteiger partial charge in [-0.15, -0.1) is 0 Å². The third-order valence-corrected chi connectivity index (χ3v) is 9.55. The zero-order valence-electron chi connectivity index (χ0n) is 15.0. The summed E-state index contributed by atoms with van der Waals surface area (Å²) in [6.45, 7) is 12.1. The van der Waals surface area contributed by atoms with Crippen LogP contribution in [-0.4, -0.2) is 31.6 Å². The minimum atomic E-state index is -1.79.